The van der Waals surface area contributed by atoms with Crippen LogP contribution in [0, 0.1) is 6.92 Å². The van der Waals surface area contributed by atoms with Gasteiger partial charge in [-0.3, -0.25) is 19.2 Å². The summed E-state index contributed by atoms with van der Waals surface area (Å²) >= 11 is 0. The molecule has 148 valence electrons. The number of benzene rings is 2. The molecule has 0 fully saturated rings. The van der Waals surface area contributed by atoms with Gasteiger partial charge in [0, 0.05) is 30.5 Å². The molecule has 8 nitrogen and oxygen atoms in total. The Bertz CT molecular complexity index is 1110. The fourth-order valence-corrected chi connectivity index (χ4v) is 3.31. The van der Waals surface area contributed by atoms with Gasteiger partial charge in [0.2, 0.25) is 0 Å². The lowest BCUT2D eigenvalue weighted by Gasteiger charge is -2.23. The minimum Gasteiger partial charge on any atom is -0.465 e. The lowest BCUT2D eigenvalue weighted by atomic mass is 9.80. The summed E-state index contributed by atoms with van der Waals surface area (Å²) in [5.74, 6) is -3.55. The molecule has 0 bridgehead atoms. The van der Waals surface area contributed by atoms with E-state index in [0.717, 1.165) is 14.0 Å². The van der Waals surface area contributed by atoms with Crippen molar-refractivity contribution in [3.63, 3.8) is 0 Å². The van der Waals surface area contributed by atoms with Gasteiger partial charge >= 0.3 is 17.9 Å². The first-order valence-electron chi connectivity index (χ1n) is 8.52. The van der Waals surface area contributed by atoms with Crippen LogP contribution in [0.3, 0.4) is 0 Å². The Kier molecular flexibility index (Phi) is 5.02. The first-order valence-corrected chi connectivity index (χ1v) is 8.52. The molecule has 2 aromatic rings. The van der Waals surface area contributed by atoms with Crippen molar-refractivity contribution in [2.75, 3.05) is 7.11 Å². The number of carbonyl (C=O) groups excluding carboxylic acids is 5. The maximum absolute atomic E-state index is 13.3. The van der Waals surface area contributed by atoms with Crippen LogP contribution in [-0.4, -0.2) is 36.6 Å². The second-order valence-corrected chi connectivity index (χ2v) is 6.31. The van der Waals surface area contributed by atoms with Crippen LogP contribution in [-0.2, 0) is 14.3 Å². The number of methoxy groups -OCH3 is 1. The Balaban J connectivity index is 2.33. The highest BCUT2D eigenvalue weighted by Crippen LogP contribution is 2.39. The minimum absolute atomic E-state index is 0.0242. The van der Waals surface area contributed by atoms with Gasteiger partial charge in [0.15, 0.2) is 11.6 Å². The molecular formula is C21H16O8. The van der Waals surface area contributed by atoms with Gasteiger partial charge in [0.25, 0.3) is 0 Å². The van der Waals surface area contributed by atoms with Crippen LogP contribution < -0.4 is 9.47 Å². The Morgan fingerprint density at radius 3 is 2.03 bits per heavy atom. The summed E-state index contributed by atoms with van der Waals surface area (Å²) in [5.41, 5.74) is -0.120. The number of ether oxygens (including phenoxy) is 3. The molecular weight excluding hydrogens is 380 g/mol. The number of hydrogen-bond acceptors (Lipinski definition) is 8. The van der Waals surface area contributed by atoms with Gasteiger partial charge in [0.1, 0.15) is 17.1 Å². The van der Waals surface area contributed by atoms with Crippen LogP contribution in [0.2, 0.25) is 0 Å². The number of ketones is 2. The number of carbonyl (C=O) groups is 5. The Morgan fingerprint density at radius 2 is 1.45 bits per heavy atom. The van der Waals surface area contributed by atoms with Gasteiger partial charge < -0.3 is 14.2 Å². The van der Waals surface area contributed by atoms with E-state index in [-0.39, 0.29) is 44.9 Å². The van der Waals surface area contributed by atoms with Crippen LogP contribution >= 0.6 is 0 Å². The van der Waals surface area contributed by atoms with E-state index in [1.807, 2.05) is 0 Å². The molecule has 0 amide bonds. The lowest BCUT2D eigenvalue weighted by molar-refractivity contribution is -0.132. The van der Waals surface area contributed by atoms with E-state index in [0.29, 0.717) is 0 Å². The second-order valence-electron chi connectivity index (χ2n) is 6.31. The van der Waals surface area contributed by atoms with E-state index < -0.39 is 29.5 Å². The van der Waals surface area contributed by atoms with E-state index in [1.54, 1.807) is 0 Å². The van der Waals surface area contributed by atoms with Crippen molar-refractivity contribution in [3.05, 3.63) is 57.6 Å². The fraction of sp³-hybridized carbons (Fsp3) is 0.190. The molecule has 0 spiro atoms. The lowest BCUT2D eigenvalue weighted by Crippen LogP contribution is -2.25. The molecule has 2 aromatic carbocycles. The van der Waals surface area contributed by atoms with Crippen molar-refractivity contribution in [2.24, 2.45) is 0 Å². The van der Waals surface area contributed by atoms with E-state index in [1.165, 1.54) is 38.1 Å². The van der Waals surface area contributed by atoms with Crippen molar-refractivity contribution < 1.29 is 38.2 Å². The molecule has 1 aliphatic carbocycles. The summed E-state index contributed by atoms with van der Waals surface area (Å²) in [4.78, 5) is 61.5. The molecule has 1 aliphatic rings. The topological polar surface area (TPSA) is 113 Å². The molecule has 0 unspecified atom stereocenters. The van der Waals surface area contributed by atoms with Crippen molar-refractivity contribution in [3.8, 4) is 11.5 Å². The Labute approximate surface area is 165 Å². The third-order valence-electron chi connectivity index (χ3n) is 4.41. The summed E-state index contributed by atoms with van der Waals surface area (Å²) in [6, 6.07) is 5.49. The fourth-order valence-electron chi connectivity index (χ4n) is 3.31. The third-order valence-corrected chi connectivity index (χ3v) is 4.41. The molecule has 0 aliphatic heterocycles. The van der Waals surface area contributed by atoms with Gasteiger partial charge in [-0.2, -0.15) is 0 Å². The first-order chi connectivity index (χ1) is 13.7. The number of hydrogen-bond donors (Lipinski definition) is 0. The van der Waals surface area contributed by atoms with Crippen molar-refractivity contribution in [1.29, 1.82) is 0 Å². The monoisotopic (exact) mass is 396 g/mol. The zero-order valence-electron chi connectivity index (χ0n) is 16.1. The largest absolute Gasteiger partial charge is 0.465 e. The Hall–Kier alpha value is -3.81. The average Bonchev–Trinajstić information content (AvgIpc) is 2.64. The smallest absolute Gasteiger partial charge is 0.341 e. The van der Waals surface area contributed by atoms with E-state index in [9.17, 15) is 24.0 Å². The SMILES string of the molecule is COC(=O)c1c(OC(C)=O)cc2c(c1C)C(=O)c1c(OC(C)=O)cccc1C2=O. The summed E-state index contributed by atoms with van der Waals surface area (Å²) in [7, 11) is 1.14. The maximum Gasteiger partial charge on any atom is 0.341 e. The molecule has 0 saturated carbocycles. The molecule has 0 saturated heterocycles. The van der Waals surface area contributed by atoms with E-state index in [2.05, 4.69) is 0 Å². The van der Waals surface area contributed by atoms with E-state index >= 15 is 0 Å². The molecule has 0 aromatic heterocycles. The summed E-state index contributed by atoms with van der Waals surface area (Å²) < 4.78 is 14.9. The van der Waals surface area contributed by atoms with E-state index in [4.69, 9.17) is 14.2 Å². The molecule has 29 heavy (non-hydrogen) atoms. The highest BCUT2D eigenvalue weighted by Gasteiger charge is 2.37. The van der Waals surface area contributed by atoms with Crippen LogP contribution in [0.25, 0.3) is 0 Å². The predicted molar refractivity (Wildman–Crippen MR) is 98.4 cm³/mol. The Morgan fingerprint density at radius 1 is 0.828 bits per heavy atom. The van der Waals surface area contributed by atoms with Crippen LogP contribution in [0.4, 0.5) is 0 Å². The quantitative estimate of drug-likeness (QED) is 0.490. The van der Waals surface area contributed by atoms with Crippen LogP contribution in [0.15, 0.2) is 24.3 Å². The van der Waals surface area contributed by atoms with Crippen LogP contribution in [0.5, 0.6) is 11.5 Å². The molecule has 0 radical (unpaired) electrons. The van der Waals surface area contributed by atoms with Gasteiger partial charge in [0.05, 0.1) is 12.7 Å². The first kappa shape index (κ1) is 19.9. The molecule has 0 heterocycles. The normalized spacial score (nSPS) is 12.0. The van der Waals surface area contributed by atoms with Gasteiger partial charge in [-0.05, 0) is 24.6 Å². The maximum atomic E-state index is 13.3. The zero-order chi connectivity index (χ0) is 21.5. The molecule has 8 heteroatoms. The highest BCUT2D eigenvalue weighted by molar-refractivity contribution is 6.30. The summed E-state index contributed by atoms with van der Waals surface area (Å²) in [5, 5.41) is 0. The third kappa shape index (κ3) is 3.29. The van der Waals surface area contributed by atoms with Gasteiger partial charge in [-0.25, -0.2) is 4.79 Å². The van der Waals surface area contributed by atoms with Gasteiger partial charge in [-0.1, -0.05) is 12.1 Å². The molecule has 0 atom stereocenters. The highest BCUT2D eigenvalue weighted by atomic mass is 16.5. The number of fused-ring (bicyclic) bond motifs is 2. The number of esters is 3. The zero-order valence-corrected chi connectivity index (χ0v) is 16.1. The standard InChI is InChI=1S/C21H16O8/c1-9-16-13(8-15(29-11(3)23)17(9)21(26)27-4)19(24)12-6-5-7-14(28-10(2)22)18(12)20(16)25/h5-8H,1-4H3. The minimum atomic E-state index is -0.833. The summed E-state index contributed by atoms with van der Waals surface area (Å²) in [6.45, 7) is 3.76. The average molecular weight is 396 g/mol. The van der Waals surface area contributed by atoms with Crippen molar-refractivity contribution >= 4 is 29.5 Å². The summed E-state index contributed by atoms with van der Waals surface area (Å²) in [6.07, 6.45) is 0. The van der Waals surface area contributed by atoms with Crippen molar-refractivity contribution in [2.45, 2.75) is 20.8 Å². The molecule has 0 N–H and O–H groups in total. The number of rotatable bonds is 3. The molecule has 3 rings (SSSR count). The van der Waals surface area contributed by atoms with Crippen LogP contribution in [0.1, 0.15) is 61.6 Å². The van der Waals surface area contributed by atoms with Gasteiger partial charge in [-0.15, -0.1) is 0 Å². The predicted octanol–water partition coefficient (Wildman–Crippen LogP) is 2.41. The van der Waals surface area contributed by atoms with Crippen molar-refractivity contribution in [1.82, 2.24) is 0 Å². The second kappa shape index (κ2) is 7.31.